The zero-order chi connectivity index (χ0) is 21.4. The lowest BCUT2D eigenvalue weighted by molar-refractivity contribution is -0.644. The Labute approximate surface area is 203 Å². The Hall–Kier alpha value is -3.12. The summed E-state index contributed by atoms with van der Waals surface area (Å²) in [5.41, 5.74) is 5.56. The van der Waals surface area contributed by atoms with E-state index in [1.807, 2.05) is 103 Å². The molecule has 0 spiro atoms. The SMILES string of the molecule is C[n+]1cc(-c2cc(F)c(F)c(-c3ccc(-c4ccccc4)cc3)c2)cc2ccccc21.[I-]. The maximum atomic E-state index is 14.8. The molecule has 1 nitrogen and oxygen atoms in total. The van der Waals surface area contributed by atoms with Gasteiger partial charge >= 0.3 is 0 Å². The number of fused-ring (bicyclic) bond motifs is 1. The first-order chi connectivity index (χ1) is 15.1. The Kier molecular flexibility index (Phi) is 6.33. The van der Waals surface area contributed by atoms with Gasteiger partial charge in [-0.25, -0.2) is 13.3 Å². The summed E-state index contributed by atoms with van der Waals surface area (Å²) in [6, 6.07) is 30.5. The van der Waals surface area contributed by atoms with Crippen molar-refractivity contribution >= 4 is 10.9 Å². The zero-order valence-corrected chi connectivity index (χ0v) is 19.6. The van der Waals surface area contributed by atoms with E-state index in [0.717, 1.165) is 27.6 Å². The van der Waals surface area contributed by atoms with Crippen LogP contribution in [0.3, 0.4) is 0 Å². The Balaban J connectivity index is 0.00000245. The molecule has 5 rings (SSSR count). The standard InChI is InChI=1S/C28H20F2N.HI/c1-31-18-24(15-22-9-5-6-10-27(22)31)23-16-25(28(30)26(29)17-23)21-13-11-20(12-14-21)19-7-3-2-4-8-19;/h2-18H,1H3;1H/q+1;/p-1. The highest BCUT2D eigenvalue weighted by Crippen LogP contribution is 2.32. The van der Waals surface area contributed by atoms with Gasteiger partial charge in [0.15, 0.2) is 17.8 Å². The normalized spacial score (nSPS) is 10.7. The van der Waals surface area contributed by atoms with Crippen molar-refractivity contribution in [2.45, 2.75) is 0 Å². The third kappa shape index (κ3) is 4.15. The van der Waals surface area contributed by atoms with Gasteiger partial charge in [0.05, 0.1) is 0 Å². The maximum Gasteiger partial charge on any atom is 0.212 e. The summed E-state index contributed by atoms with van der Waals surface area (Å²) >= 11 is 0. The molecule has 0 amide bonds. The molecule has 0 saturated carbocycles. The van der Waals surface area contributed by atoms with Gasteiger partial charge in [0.1, 0.15) is 7.05 Å². The van der Waals surface area contributed by atoms with E-state index in [2.05, 4.69) is 0 Å². The summed E-state index contributed by atoms with van der Waals surface area (Å²) in [6.45, 7) is 0. The Morgan fingerprint density at radius 3 is 1.97 bits per heavy atom. The van der Waals surface area contributed by atoms with Crippen LogP contribution in [0.25, 0.3) is 44.3 Å². The summed E-state index contributed by atoms with van der Waals surface area (Å²) < 4.78 is 31.3. The molecule has 1 heterocycles. The lowest BCUT2D eigenvalue weighted by atomic mass is 9.96. The van der Waals surface area contributed by atoms with Gasteiger partial charge in [-0.1, -0.05) is 66.7 Å². The highest BCUT2D eigenvalue weighted by atomic mass is 127. The van der Waals surface area contributed by atoms with Crippen molar-refractivity contribution in [2.75, 3.05) is 0 Å². The topological polar surface area (TPSA) is 3.88 Å². The number of hydrogen-bond acceptors (Lipinski definition) is 0. The molecule has 0 aliphatic heterocycles. The molecule has 5 aromatic rings. The molecule has 32 heavy (non-hydrogen) atoms. The lowest BCUT2D eigenvalue weighted by Gasteiger charge is -2.10. The molecule has 0 radical (unpaired) electrons. The lowest BCUT2D eigenvalue weighted by Crippen LogP contribution is -3.00. The van der Waals surface area contributed by atoms with Crippen molar-refractivity contribution in [3.8, 4) is 33.4 Å². The highest BCUT2D eigenvalue weighted by molar-refractivity contribution is 5.82. The third-order valence-corrected chi connectivity index (χ3v) is 5.63. The summed E-state index contributed by atoms with van der Waals surface area (Å²) in [4.78, 5) is 0. The van der Waals surface area contributed by atoms with Crippen molar-refractivity contribution in [3.05, 3.63) is 115 Å². The minimum absolute atomic E-state index is 0. The van der Waals surface area contributed by atoms with Crippen LogP contribution >= 0.6 is 0 Å². The van der Waals surface area contributed by atoms with Gasteiger partial charge in [0.25, 0.3) is 0 Å². The quantitative estimate of drug-likeness (QED) is 0.244. The second kappa shape index (κ2) is 9.17. The smallest absolute Gasteiger partial charge is 0.212 e. The van der Waals surface area contributed by atoms with E-state index in [1.54, 1.807) is 6.07 Å². The zero-order valence-electron chi connectivity index (χ0n) is 17.4. The van der Waals surface area contributed by atoms with Crippen LogP contribution in [0.4, 0.5) is 8.78 Å². The summed E-state index contributed by atoms with van der Waals surface area (Å²) in [5.74, 6) is -1.68. The van der Waals surface area contributed by atoms with E-state index in [0.29, 0.717) is 11.1 Å². The largest absolute Gasteiger partial charge is 1.00 e. The maximum absolute atomic E-state index is 14.8. The van der Waals surface area contributed by atoms with Crippen molar-refractivity contribution in [2.24, 2.45) is 7.05 Å². The molecule has 0 N–H and O–H groups in total. The van der Waals surface area contributed by atoms with Crippen LogP contribution in [0.1, 0.15) is 0 Å². The fourth-order valence-electron chi connectivity index (χ4n) is 4.01. The van der Waals surface area contributed by atoms with Crippen molar-refractivity contribution in [3.63, 3.8) is 0 Å². The number of halogens is 3. The summed E-state index contributed by atoms with van der Waals surface area (Å²) in [7, 11) is 1.95. The molecular formula is C28H20F2IN. The van der Waals surface area contributed by atoms with Crippen LogP contribution in [0.5, 0.6) is 0 Å². The van der Waals surface area contributed by atoms with E-state index in [9.17, 15) is 8.78 Å². The molecule has 4 heteroatoms. The van der Waals surface area contributed by atoms with Gasteiger partial charge in [-0.15, -0.1) is 0 Å². The van der Waals surface area contributed by atoms with Crippen LogP contribution < -0.4 is 28.5 Å². The number of hydrogen-bond donors (Lipinski definition) is 0. The number of para-hydroxylation sites is 1. The predicted octanol–water partition coefficient (Wildman–Crippen LogP) is 3.95. The molecule has 0 unspecified atom stereocenters. The second-order valence-electron chi connectivity index (χ2n) is 7.66. The number of nitrogens with zero attached hydrogens (tertiary/aromatic N) is 1. The van der Waals surface area contributed by atoms with Gasteiger partial charge in [-0.2, -0.15) is 0 Å². The van der Waals surface area contributed by atoms with Crippen LogP contribution in [0.15, 0.2) is 103 Å². The van der Waals surface area contributed by atoms with Gasteiger partial charge in [-0.05, 0) is 46.5 Å². The first-order valence-electron chi connectivity index (χ1n) is 10.1. The molecule has 0 fully saturated rings. The molecule has 158 valence electrons. The molecular weight excluding hydrogens is 515 g/mol. The van der Waals surface area contributed by atoms with Crippen LogP contribution in [-0.2, 0) is 7.05 Å². The van der Waals surface area contributed by atoms with Gasteiger partial charge in [0.2, 0.25) is 5.52 Å². The van der Waals surface area contributed by atoms with Crippen LogP contribution in [0.2, 0.25) is 0 Å². The molecule has 4 aromatic carbocycles. The fraction of sp³-hybridized carbons (Fsp3) is 0.0357. The highest BCUT2D eigenvalue weighted by Gasteiger charge is 2.16. The van der Waals surface area contributed by atoms with E-state index in [1.165, 1.54) is 6.07 Å². The average Bonchev–Trinajstić information content (AvgIpc) is 2.81. The van der Waals surface area contributed by atoms with Gasteiger partial charge in [0, 0.05) is 22.6 Å². The minimum atomic E-state index is -0.851. The number of benzene rings is 4. The van der Waals surface area contributed by atoms with Gasteiger partial charge in [-0.3, -0.25) is 0 Å². The molecule has 0 aliphatic carbocycles. The Morgan fingerprint density at radius 1 is 0.594 bits per heavy atom. The first-order valence-corrected chi connectivity index (χ1v) is 10.1. The van der Waals surface area contributed by atoms with Crippen molar-refractivity contribution in [1.29, 1.82) is 0 Å². The monoisotopic (exact) mass is 535 g/mol. The third-order valence-electron chi connectivity index (χ3n) is 5.63. The van der Waals surface area contributed by atoms with E-state index < -0.39 is 11.6 Å². The van der Waals surface area contributed by atoms with Gasteiger partial charge < -0.3 is 24.0 Å². The molecule has 0 atom stereocenters. The van der Waals surface area contributed by atoms with E-state index in [4.69, 9.17) is 0 Å². The molecule has 0 aliphatic rings. The van der Waals surface area contributed by atoms with Crippen molar-refractivity contribution < 1.29 is 37.3 Å². The molecule has 0 bridgehead atoms. The average molecular weight is 535 g/mol. The van der Waals surface area contributed by atoms with Crippen molar-refractivity contribution in [1.82, 2.24) is 0 Å². The Morgan fingerprint density at radius 2 is 1.22 bits per heavy atom. The van der Waals surface area contributed by atoms with E-state index >= 15 is 0 Å². The minimum Gasteiger partial charge on any atom is -1.00 e. The second-order valence-corrected chi connectivity index (χ2v) is 7.66. The Bertz CT molecular complexity index is 1400. The number of rotatable bonds is 3. The van der Waals surface area contributed by atoms with Crippen LogP contribution in [-0.4, -0.2) is 0 Å². The summed E-state index contributed by atoms with van der Waals surface area (Å²) in [6.07, 6.45) is 1.94. The van der Waals surface area contributed by atoms with E-state index in [-0.39, 0.29) is 29.5 Å². The number of aromatic nitrogens is 1. The predicted molar refractivity (Wildman–Crippen MR) is 121 cm³/mol. The first kappa shape index (κ1) is 22.1. The molecule has 1 aromatic heterocycles. The number of aryl methyl sites for hydroxylation is 1. The summed E-state index contributed by atoms with van der Waals surface area (Å²) in [5, 5.41) is 1.04. The fourth-order valence-corrected chi connectivity index (χ4v) is 4.01. The molecule has 0 saturated heterocycles. The number of pyridine rings is 1. The van der Waals surface area contributed by atoms with Crippen LogP contribution in [0, 0.1) is 11.6 Å².